The Morgan fingerprint density at radius 3 is 3.18 bits per heavy atom. The predicted molar refractivity (Wildman–Crippen MR) is 68.4 cm³/mol. The summed E-state index contributed by atoms with van der Waals surface area (Å²) in [6.07, 6.45) is 3.68. The van der Waals surface area contributed by atoms with Gasteiger partial charge in [0.25, 0.3) is 0 Å². The summed E-state index contributed by atoms with van der Waals surface area (Å²) in [4.78, 5) is 0. The van der Waals surface area contributed by atoms with Crippen LogP contribution < -0.4 is 15.8 Å². The number of aromatic nitrogens is 3. The molecule has 0 bridgehead atoms. The average molecular weight is 253 g/mol. The summed E-state index contributed by atoms with van der Waals surface area (Å²) in [5.74, 6) is 1.09. The highest BCUT2D eigenvalue weighted by molar-refractivity contribution is 7.11. The summed E-state index contributed by atoms with van der Waals surface area (Å²) in [6.45, 7) is 4.04. The molecule has 0 aliphatic carbocycles. The molecule has 0 amide bonds. The Bertz CT molecular complexity index is 453. The topological polar surface area (TPSA) is 78.0 Å². The maximum atomic E-state index is 5.71. The molecule has 17 heavy (non-hydrogen) atoms. The number of ether oxygens (including phenoxy) is 1. The first kappa shape index (κ1) is 11.7. The Labute approximate surface area is 104 Å². The van der Waals surface area contributed by atoms with E-state index >= 15 is 0 Å². The lowest BCUT2D eigenvalue weighted by Gasteiger charge is -2.07. The van der Waals surface area contributed by atoms with E-state index in [1.54, 1.807) is 6.20 Å². The van der Waals surface area contributed by atoms with Crippen LogP contribution in [0.5, 0.6) is 5.75 Å². The van der Waals surface area contributed by atoms with Gasteiger partial charge in [0, 0.05) is 18.9 Å². The summed E-state index contributed by atoms with van der Waals surface area (Å²) < 4.78 is 11.4. The molecule has 2 aromatic heterocycles. The van der Waals surface area contributed by atoms with Crippen molar-refractivity contribution < 1.29 is 4.74 Å². The van der Waals surface area contributed by atoms with Gasteiger partial charge in [0.15, 0.2) is 16.6 Å². The molecular weight excluding hydrogens is 238 g/mol. The molecule has 0 saturated carbocycles. The molecule has 0 unspecified atom stereocenters. The Morgan fingerprint density at radius 2 is 2.47 bits per heavy atom. The molecule has 2 heterocycles. The molecule has 0 spiro atoms. The number of nitrogens with zero attached hydrogens (tertiary/aromatic N) is 3. The third-order valence-corrected chi connectivity index (χ3v) is 2.95. The van der Waals surface area contributed by atoms with Crippen molar-refractivity contribution in [2.45, 2.75) is 13.5 Å². The number of anilines is 2. The zero-order valence-electron chi connectivity index (χ0n) is 9.59. The summed E-state index contributed by atoms with van der Waals surface area (Å²) in [7, 11) is 0. The molecule has 0 aromatic carbocycles. The van der Waals surface area contributed by atoms with Crippen LogP contribution in [0.3, 0.4) is 0 Å². The molecule has 6 nitrogen and oxygen atoms in total. The zero-order valence-corrected chi connectivity index (χ0v) is 10.4. The largest absolute Gasteiger partial charge is 0.487 e. The highest BCUT2D eigenvalue weighted by Crippen LogP contribution is 2.34. The summed E-state index contributed by atoms with van der Waals surface area (Å²) in [5, 5.41) is 8.24. The summed E-state index contributed by atoms with van der Waals surface area (Å²) in [5.41, 5.74) is 5.71. The van der Waals surface area contributed by atoms with E-state index in [1.165, 1.54) is 11.5 Å². The Balaban J connectivity index is 1.90. The predicted octanol–water partition coefficient (Wildman–Crippen LogP) is 1.43. The maximum absolute atomic E-state index is 5.71. The second-order valence-electron chi connectivity index (χ2n) is 3.35. The zero-order chi connectivity index (χ0) is 12.1. The molecule has 0 fully saturated rings. The SMILES string of the molecule is CCOc1c(N)nsc1NCCn1cccn1. The Kier molecular flexibility index (Phi) is 3.81. The minimum Gasteiger partial charge on any atom is -0.487 e. The number of nitrogens with one attached hydrogen (secondary N) is 1. The van der Waals surface area contributed by atoms with Crippen LogP contribution in [0.25, 0.3) is 0 Å². The van der Waals surface area contributed by atoms with Gasteiger partial charge in [-0.2, -0.15) is 9.47 Å². The van der Waals surface area contributed by atoms with Crippen LogP contribution in [-0.2, 0) is 6.54 Å². The lowest BCUT2D eigenvalue weighted by molar-refractivity contribution is 0.344. The molecule has 2 rings (SSSR count). The van der Waals surface area contributed by atoms with Crippen LogP contribution in [0.15, 0.2) is 18.5 Å². The smallest absolute Gasteiger partial charge is 0.197 e. The van der Waals surface area contributed by atoms with Crippen molar-refractivity contribution in [3.63, 3.8) is 0 Å². The van der Waals surface area contributed by atoms with E-state index in [9.17, 15) is 0 Å². The van der Waals surface area contributed by atoms with E-state index in [0.29, 0.717) is 18.2 Å². The van der Waals surface area contributed by atoms with E-state index in [1.807, 2.05) is 23.9 Å². The first-order valence-electron chi connectivity index (χ1n) is 5.40. The normalized spacial score (nSPS) is 10.4. The van der Waals surface area contributed by atoms with Gasteiger partial charge < -0.3 is 15.8 Å². The average Bonchev–Trinajstić information content (AvgIpc) is 2.93. The third-order valence-electron chi connectivity index (χ3n) is 2.15. The molecular formula is C10H15N5OS. The van der Waals surface area contributed by atoms with Gasteiger partial charge in [-0.15, -0.1) is 0 Å². The highest BCUT2D eigenvalue weighted by Gasteiger charge is 2.11. The first-order valence-corrected chi connectivity index (χ1v) is 6.18. The molecule has 2 aromatic rings. The van der Waals surface area contributed by atoms with Crippen LogP contribution in [0.1, 0.15) is 6.92 Å². The fourth-order valence-corrected chi connectivity index (χ4v) is 2.09. The molecule has 0 radical (unpaired) electrons. The van der Waals surface area contributed by atoms with E-state index in [4.69, 9.17) is 10.5 Å². The van der Waals surface area contributed by atoms with Gasteiger partial charge in [0.1, 0.15) is 0 Å². The molecule has 92 valence electrons. The van der Waals surface area contributed by atoms with E-state index in [-0.39, 0.29) is 0 Å². The van der Waals surface area contributed by atoms with Crippen molar-refractivity contribution in [1.29, 1.82) is 0 Å². The van der Waals surface area contributed by atoms with Gasteiger partial charge >= 0.3 is 0 Å². The van der Waals surface area contributed by atoms with Crippen molar-refractivity contribution in [1.82, 2.24) is 14.2 Å². The van der Waals surface area contributed by atoms with E-state index < -0.39 is 0 Å². The van der Waals surface area contributed by atoms with Gasteiger partial charge in [-0.25, -0.2) is 0 Å². The lowest BCUT2D eigenvalue weighted by atomic mass is 10.5. The second-order valence-corrected chi connectivity index (χ2v) is 4.13. The van der Waals surface area contributed by atoms with Crippen LogP contribution in [0.2, 0.25) is 0 Å². The van der Waals surface area contributed by atoms with Crippen LogP contribution in [0.4, 0.5) is 10.8 Å². The van der Waals surface area contributed by atoms with Crippen LogP contribution >= 0.6 is 11.5 Å². The monoisotopic (exact) mass is 253 g/mol. The fraction of sp³-hybridized carbons (Fsp3) is 0.400. The van der Waals surface area contributed by atoms with Crippen molar-refractivity contribution in [3.8, 4) is 5.75 Å². The summed E-state index contributed by atoms with van der Waals surface area (Å²) >= 11 is 1.31. The minimum absolute atomic E-state index is 0.443. The van der Waals surface area contributed by atoms with Crippen molar-refractivity contribution in [2.75, 3.05) is 24.2 Å². The number of rotatable bonds is 6. The number of hydrogen-bond donors (Lipinski definition) is 2. The third kappa shape index (κ3) is 2.88. The van der Waals surface area contributed by atoms with Gasteiger partial charge in [-0.1, -0.05) is 0 Å². The molecule has 7 heteroatoms. The summed E-state index contributed by atoms with van der Waals surface area (Å²) in [6, 6.07) is 1.90. The molecule has 0 atom stereocenters. The second kappa shape index (κ2) is 5.53. The first-order chi connectivity index (χ1) is 8.31. The van der Waals surface area contributed by atoms with Crippen LogP contribution in [-0.4, -0.2) is 27.3 Å². The lowest BCUT2D eigenvalue weighted by Crippen LogP contribution is -2.10. The molecule has 3 N–H and O–H groups in total. The highest BCUT2D eigenvalue weighted by atomic mass is 32.1. The molecule has 0 aliphatic rings. The van der Waals surface area contributed by atoms with Crippen LogP contribution in [0, 0.1) is 0 Å². The van der Waals surface area contributed by atoms with Gasteiger partial charge in [0.05, 0.1) is 13.2 Å². The van der Waals surface area contributed by atoms with Gasteiger partial charge in [0.2, 0.25) is 0 Å². The maximum Gasteiger partial charge on any atom is 0.197 e. The van der Waals surface area contributed by atoms with Crippen molar-refractivity contribution in [2.24, 2.45) is 0 Å². The standard InChI is InChI=1S/C10H15N5OS/c1-2-16-8-9(11)14-17-10(8)12-5-7-15-6-3-4-13-15/h3-4,6,12H,2,5,7H2,1H3,(H2,11,14). The molecule has 0 aliphatic heterocycles. The quantitative estimate of drug-likeness (QED) is 0.814. The Hall–Kier alpha value is -1.76. The Morgan fingerprint density at radius 1 is 1.59 bits per heavy atom. The molecule has 0 saturated heterocycles. The van der Waals surface area contributed by atoms with Crippen molar-refractivity contribution in [3.05, 3.63) is 18.5 Å². The van der Waals surface area contributed by atoms with Gasteiger partial charge in [-0.05, 0) is 24.5 Å². The number of hydrogen-bond acceptors (Lipinski definition) is 6. The van der Waals surface area contributed by atoms with Crippen molar-refractivity contribution >= 4 is 22.4 Å². The fourth-order valence-electron chi connectivity index (χ4n) is 1.41. The van der Waals surface area contributed by atoms with Gasteiger partial charge in [-0.3, -0.25) is 4.68 Å². The van der Waals surface area contributed by atoms with E-state index in [2.05, 4.69) is 14.8 Å². The number of nitrogens with two attached hydrogens (primary N) is 1. The number of nitrogen functional groups attached to an aromatic ring is 1. The minimum atomic E-state index is 0.443. The van der Waals surface area contributed by atoms with E-state index in [0.717, 1.165) is 18.1 Å².